The maximum atomic E-state index is 6.25. The van der Waals surface area contributed by atoms with Crippen molar-refractivity contribution in [3.8, 4) is 11.5 Å². The smallest absolute Gasteiger partial charge is 0.361 e. The summed E-state index contributed by atoms with van der Waals surface area (Å²) < 4.78 is 29.9. The second kappa shape index (κ2) is 6.46. The van der Waals surface area contributed by atoms with E-state index < -0.39 is 12.3 Å². The molecule has 0 aromatic heterocycles. The molecule has 2 aromatic carbocycles. The molecule has 0 N–H and O–H groups in total. The van der Waals surface area contributed by atoms with Crippen molar-refractivity contribution in [1.82, 2.24) is 0 Å². The van der Waals surface area contributed by atoms with Crippen LogP contribution in [0.1, 0.15) is 30.9 Å². The lowest BCUT2D eigenvalue weighted by atomic mass is 9.95. The molecule has 5 rings (SSSR count). The van der Waals surface area contributed by atoms with Gasteiger partial charge in [-0.1, -0.05) is 36.9 Å². The average Bonchev–Trinajstić information content (AvgIpc) is 3.11. The summed E-state index contributed by atoms with van der Waals surface area (Å²) in [5, 5.41) is 0. The minimum Gasteiger partial charge on any atom is -0.428 e. The van der Waals surface area contributed by atoms with E-state index in [-0.39, 0.29) is 0 Å². The molecule has 1 spiro atoms. The first kappa shape index (κ1) is 16.4. The van der Waals surface area contributed by atoms with E-state index in [1.807, 2.05) is 24.3 Å². The molecule has 0 amide bonds. The summed E-state index contributed by atoms with van der Waals surface area (Å²) in [6, 6.07) is 12.2. The fraction of sp³-hybridized carbons (Fsp3) is 0.400. The fourth-order valence-electron chi connectivity index (χ4n) is 3.54. The molecule has 0 saturated carbocycles. The van der Waals surface area contributed by atoms with Gasteiger partial charge < -0.3 is 23.7 Å². The molecule has 1 fully saturated rings. The Morgan fingerprint density at radius 2 is 1.92 bits per heavy atom. The van der Waals surface area contributed by atoms with E-state index >= 15 is 0 Å². The lowest BCUT2D eigenvalue weighted by Crippen LogP contribution is -2.41. The molecule has 26 heavy (non-hydrogen) atoms. The van der Waals surface area contributed by atoms with Crippen molar-refractivity contribution in [2.45, 2.75) is 41.8 Å². The third-order valence-electron chi connectivity index (χ3n) is 4.68. The maximum Gasteiger partial charge on any atom is 0.361 e. The van der Waals surface area contributed by atoms with Crippen molar-refractivity contribution >= 4 is 11.8 Å². The van der Waals surface area contributed by atoms with E-state index in [0.717, 1.165) is 33.8 Å². The van der Waals surface area contributed by atoms with Crippen LogP contribution in [0, 0.1) is 0 Å². The summed E-state index contributed by atoms with van der Waals surface area (Å²) >= 11 is 1.66. The Kier molecular flexibility index (Phi) is 4.09. The largest absolute Gasteiger partial charge is 0.428 e. The van der Waals surface area contributed by atoms with Gasteiger partial charge in [-0.3, -0.25) is 0 Å². The number of fused-ring (bicyclic) bond motifs is 6. The molecule has 136 valence electrons. The van der Waals surface area contributed by atoms with Gasteiger partial charge in [-0.05, 0) is 31.0 Å². The molecular weight excluding hydrogens is 352 g/mol. The van der Waals surface area contributed by atoms with Crippen LogP contribution in [0.15, 0.2) is 46.2 Å². The normalized spacial score (nSPS) is 22.1. The molecule has 3 aliphatic heterocycles. The van der Waals surface area contributed by atoms with Crippen LogP contribution >= 0.6 is 11.8 Å². The third kappa shape index (κ3) is 2.44. The fourth-order valence-corrected chi connectivity index (χ4v) is 4.77. The van der Waals surface area contributed by atoms with Crippen molar-refractivity contribution in [3.63, 3.8) is 0 Å². The lowest BCUT2D eigenvalue weighted by Gasteiger charge is -2.42. The Hall–Kier alpha value is -1.73. The van der Waals surface area contributed by atoms with E-state index in [9.17, 15) is 0 Å². The highest BCUT2D eigenvalue weighted by Crippen LogP contribution is 2.57. The van der Waals surface area contributed by atoms with Crippen LogP contribution in [0.2, 0.25) is 0 Å². The Morgan fingerprint density at radius 1 is 1.08 bits per heavy atom. The zero-order valence-electron chi connectivity index (χ0n) is 14.5. The highest BCUT2D eigenvalue weighted by atomic mass is 32.2. The minimum absolute atomic E-state index is 0.590. The SMILES string of the molecule is CCCOC1Oc2ccc3c(c2O1)Sc1ccccc1C31OCCCO1. The number of benzene rings is 2. The molecule has 5 nitrogen and oxygen atoms in total. The van der Waals surface area contributed by atoms with Crippen LogP contribution in [0.5, 0.6) is 11.5 Å². The second-order valence-electron chi connectivity index (χ2n) is 6.43. The van der Waals surface area contributed by atoms with Gasteiger partial charge in [-0.15, -0.1) is 0 Å². The van der Waals surface area contributed by atoms with Crippen molar-refractivity contribution in [3.05, 3.63) is 47.5 Å². The van der Waals surface area contributed by atoms with Crippen molar-refractivity contribution in [2.75, 3.05) is 19.8 Å². The van der Waals surface area contributed by atoms with Gasteiger partial charge in [0.1, 0.15) is 0 Å². The van der Waals surface area contributed by atoms with Crippen molar-refractivity contribution < 1.29 is 23.7 Å². The minimum atomic E-state index is -0.879. The van der Waals surface area contributed by atoms with Gasteiger partial charge in [0.2, 0.25) is 5.79 Å². The molecule has 6 heteroatoms. The zero-order chi connectivity index (χ0) is 17.6. The van der Waals surface area contributed by atoms with E-state index in [1.54, 1.807) is 11.8 Å². The molecule has 2 aromatic rings. The first-order valence-corrected chi connectivity index (χ1v) is 9.81. The maximum absolute atomic E-state index is 6.25. The molecule has 3 aliphatic rings. The Balaban J connectivity index is 1.61. The van der Waals surface area contributed by atoms with Crippen molar-refractivity contribution in [2.24, 2.45) is 0 Å². The first-order chi connectivity index (χ1) is 12.8. The van der Waals surface area contributed by atoms with Crippen LogP contribution in [-0.2, 0) is 20.0 Å². The zero-order valence-corrected chi connectivity index (χ0v) is 15.3. The predicted octanol–water partition coefficient (Wildman–Crippen LogP) is 4.27. The number of hydrogen-bond acceptors (Lipinski definition) is 6. The Bertz CT molecular complexity index is 831. The Labute approximate surface area is 156 Å². The Morgan fingerprint density at radius 3 is 2.77 bits per heavy atom. The highest BCUT2D eigenvalue weighted by molar-refractivity contribution is 7.99. The third-order valence-corrected chi connectivity index (χ3v) is 5.86. The van der Waals surface area contributed by atoms with Gasteiger partial charge in [-0.2, -0.15) is 0 Å². The van der Waals surface area contributed by atoms with E-state index in [2.05, 4.69) is 19.1 Å². The van der Waals surface area contributed by atoms with Gasteiger partial charge in [-0.25, -0.2) is 0 Å². The van der Waals surface area contributed by atoms with Gasteiger partial charge in [0.25, 0.3) is 0 Å². The number of rotatable bonds is 3. The first-order valence-electron chi connectivity index (χ1n) is 8.99. The molecular formula is C20H20O5S. The summed E-state index contributed by atoms with van der Waals surface area (Å²) in [5.74, 6) is 0.527. The second-order valence-corrected chi connectivity index (χ2v) is 7.48. The van der Waals surface area contributed by atoms with Crippen molar-refractivity contribution in [1.29, 1.82) is 0 Å². The average molecular weight is 372 g/mol. The number of hydrogen-bond donors (Lipinski definition) is 0. The summed E-state index contributed by atoms with van der Waals surface area (Å²) in [6.45, 7) is 3.27. The lowest BCUT2D eigenvalue weighted by molar-refractivity contribution is -0.252. The van der Waals surface area contributed by atoms with Gasteiger partial charge >= 0.3 is 6.48 Å². The summed E-state index contributed by atoms with van der Waals surface area (Å²) in [5.41, 5.74) is 2.02. The van der Waals surface area contributed by atoms with E-state index in [0.29, 0.717) is 31.3 Å². The van der Waals surface area contributed by atoms with Crippen LogP contribution < -0.4 is 9.47 Å². The summed E-state index contributed by atoms with van der Waals surface area (Å²) in [4.78, 5) is 2.09. The molecule has 1 saturated heterocycles. The van der Waals surface area contributed by atoms with E-state index in [4.69, 9.17) is 23.7 Å². The topological polar surface area (TPSA) is 46.2 Å². The quantitative estimate of drug-likeness (QED) is 0.802. The molecule has 0 bridgehead atoms. The highest BCUT2D eigenvalue weighted by Gasteiger charge is 2.47. The molecule has 0 aliphatic carbocycles. The molecule has 0 radical (unpaired) electrons. The van der Waals surface area contributed by atoms with Crippen LogP contribution in [0.25, 0.3) is 0 Å². The van der Waals surface area contributed by atoms with Crippen LogP contribution in [-0.4, -0.2) is 26.3 Å². The van der Waals surface area contributed by atoms with Crippen LogP contribution in [0.3, 0.4) is 0 Å². The summed E-state index contributed by atoms with van der Waals surface area (Å²) in [7, 11) is 0. The molecule has 1 unspecified atom stereocenters. The molecule has 3 heterocycles. The van der Waals surface area contributed by atoms with Gasteiger partial charge in [0.15, 0.2) is 11.5 Å². The van der Waals surface area contributed by atoms with Gasteiger partial charge in [0.05, 0.1) is 24.7 Å². The summed E-state index contributed by atoms with van der Waals surface area (Å²) in [6.07, 6.45) is 1.80. The predicted molar refractivity (Wildman–Crippen MR) is 95.6 cm³/mol. The number of ether oxygens (including phenoxy) is 5. The van der Waals surface area contributed by atoms with Crippen LogP contribution in [0.4, 0.5) is 0 Å². The van der Waals surface area contributed by atoms with E-state index in [1.165, 1.54) is 0 Å². The monoisotopic (exact) mass is 372 g/mol. The van der Waals surface area contributed by atoms with Gasteiger partial charge in [0, 0.05) is 16.0 Å². The molecule has 1 atom stereocenters. The standard InChI is InChI=1S/C20H20O5S/c1-2-10-21-19-24-15-9-8-14-18(17(15)25-19)26-16-7-4-3-6-13(16)20(14)22-11-5-12-23-20/h3-4,6-9,19H,2,5,10-12H2,1H3.